The third kappa shape index (κ3) is 10.2. The van der Waals surface area contributed by atoms with Crippen molar-refractivity contribution >= 4 is 46.5 Å². The summed E-state index contributed by atoms with van der Waals surface area (Å²) in [6.07, 6.45) is -3.31. The molecule has 3 rings (SSSR count). The van der Waals surface area contributed by atoms with Crippen molar-refractivity contribution in [1.82, 2.24) is 5.32 Å². The molecule has 2 amide bonds. The lowest BCUT2D eigenvalue weighted by Crippen LogP contribution is -2.34. The van der Waals surface area contributed by atoms with Crippen molar-refractivity contribution in [3.8, 4) is 0 Å². The molecule has 0 fully saturated rings. The number of hydrogen-bond donors (Lipinski definition) is 3. The second-order valence-electron chi connectivity index (χ2n) is 8.43. The first kappa shape index (κ1) is 29.3. The number of hydrogen-bond acceptors (Lipinski definition) is 5. The van der Waals surface area contributed by atoms with E-state index in [1.807, 2.05) is 30.3 Å². The molecule has 39 heavy (non-hydrogen) atoms. The van der Waals surface area contributed by atoms with Gasteiger partial charge in [-0.1, -0.05) is 42.5 Å². The molecule has 0 aliphatic carbocycles. The number of esters is 1. The van der Waals surface area contributed by atoms with Gasteiger partial charge in [-0.25, -0.2) is 0 Å². The summed E-state index contributed by atoms with van der Waals surface area (Å²) in [5.41, 5.74) is 0.783. The van der Waals surface area contributed by atoms with Gasteiger partial charge in [0, 0.05) is 23.4 Å². The highest BCUT2D eigenvalue weighted by Crippen LogP contribution is 2.30. The van der Waals surface area contributed by atoms with Crippen LogP contribution in [-0.2, 0) is 26.9 Å². The molecule has 0 radical (unpaired) electrons. The number of ether oxygens (including phenoxy) is 1. The van der Waals surface area contributed by atoms with E-state index < -0.39 is 29.5 Å². The molecule has 0 heterocycles. The Morgan fingerprint density at radius 2 is 1.51 bits per heavy atom. The van der Waals surface area contributed by atoms with Crippen LogP contribution in [-0.4, -0.2) is 29.5 Å². The molecule has 11 heteroatoms. The number of carbonyl (C=O) groups is 3. The number of thiocarbonyl (C=S) groups is 1. The molecule has 204 valence electrons. The highest BCUT2D eigenvalue weighted by atomic mass is 32.1. The summed E-state index contributed by atoms with van der Waals surface area (Å²) in [6.45, 7) is 0.257. The normalized spacial score (nSPS) is 10.8. The number of carbonyl (C=O) groups excluding carboxylic acids is 3. The minimum absolute atomic E-state index is 0.00862. The van der Waals surface area contributed by atoms with E-state index in [4.69, 9.17) is 17.0 Å². The third-order valence-electron chi connectivity index (χ3n) is 5.36. The number of halogens is 3. The number of amides is 2. The molecular weight excluding hydrogens is 531 g/mol. The first-order valence-corrected chi connectivity index (χ1v) is 12.4. The van der Waals surface area contributed by atoms with Crippen molar-refractivity contribution in [2.45, 2.75) is 31.9 Å². The maximum Gasteiger partial charge on any atom is 0.416 e. The Morgan fingerprint density at radius 1 is 0.821 bits per heavy atom. The minimum atomic E-state index is -4.53. The third-order valence-corrected chi connectivity index (χ3v) is 5.56. The van der Waals surface area contributed by atoms with Gasteiger partial charge in [-0.3, -0.25) is 14.4 Å². The fourth-order valence-electron chi connectivity index (χ4n) is 3.46. The van der Waals surface area contributed by atoms with Gasteiger partial charge in [0.15, 0.2) is 5.11 Å². The van der Waals surface area contributed by atoms with Crippen LogP contribution in [0, 0.1) is 0 Å². The maximum atomic E-state index is 12.9. The van der Waals surface area contributed by atoms with E-state index in [1.165, 1.54) is 24.3 Å². The smallest absolute Gasteiger partial charge is 0.416 e. The second kappa shape index (κ2) is 14.1. The van der Waals surface area contributed by atoms with E-state index in [0.29, 0.717) is 12.1 Å². The standard InChI is InChI=1S/C28H26F3N3O4S/c29-28(30,31)21-11-5-13-23(18-21)32-26(37)20-10-4-12-22(17-20)33-27(39)34-24(35)14-15-25(36)38-16-6-9-19-7-2-1-3-8-19/h1-5,7-8,10-13,17-18H,6,9,14-16H2,(H,32,37)(H2,33,34,35,39). The number of aryl methyl sites for hydroxylation is 1. The molecule has 0 aromatic heterocycles. The molecule has 0 unspecified atom stereocenters. The van der Waals surface area contributed by atoms with Crippen molar-refractivity contribution < 1.29 is 32.3 Å². The quantitative estimate of drug-likeness (QED) is 0.168. The zero-order valence-electron chi connectivity index (χ0n) is 20.7. The molecular formula is C28H26F3N3O4S. The van der Waals surface area contributed by atoms with E-state index in [0.717, 1.165) is 24.1 Å². The monoisotopic (exact) mass is 557 g/mol. The average Bonchev–Trinajstić information content (AvgIpc) is 2.90. The first-order valence-electron chi connectivity index (χ1n) is 12.0. The molecule has 7 nitrogen and oxygen atoms in total. The van der Waals surface area contributed by atoms with Crippen molar-refractivity contribution in [3.05, 3.63) is 95.6 Å². The van der Waals surface area contributed by atoms with Gasteiger partial charge in [-0.05, 0) is 67.0 Å². The molecule has 3 N–H and O–H groups in total. The number of benzene rings is 3. The molecule has 0 spiro atoms. The summed E-state index contributed by atoms with van der Waals surface area (Å²) in [6, 6.07) is 20.1. The molecule has 0 aliphatic heterocycles. The molecule has 0 bridgehead atoms. The zero-order valence-corrected chi connectivity index (χ0v) is 21.5. The maximum absolute atomic E-state index is 12.9. The van der Waals surface area contributed by atoms with E-state index in [2.05, 4.69) is 16.0 Å². The van der Waals surface area contributed by atoms with Crippen LogP contribution in [0.4, 0.5) is 24.5 Å². The lowest BCUT2D eigenvalue weighted by molar-refractivity contribution is -0.145. The number of rotatable bonds is 10. The van der Waals surface area contributed by atoms with E-state index >= 15 is 0 Å². The predicted octanol–water partition coefficient (Wildman–Crippen LogP) is 5.73. The lowest BCUT2D eigenvalue weighted by Gasteiger charge is -2.12. The first-order chi connectivity index (χ1) is 18.6. The molecule has 3 aromatic carbocycles. The minimum Gasteiger partial charge on any atom is -0.466 e. The van der Waals surface area contributed by atoms with Gasteiger partial charge in [-0.2, -0.15) is 13.2 Å². The van der Waals surface area contributed by atoms with Crippen LogP contribution < -0.4 is 16.0 Å². The zero-order chi connectivity index (χ0) is 28.3. The van der Waals surface area contributed by atoms with Crippen LogP contribution in [0.15, 0.2) is 78.9 Å². The summed E-state index contributed by atoms with van der Waals surface area (Å²) < 4.78 is 43.9. The summed E-state index contributed by atoms with van der Waals surface area (Å²) in [5, 5.41) is 7.58. The second-order valence-corrected chi connectivity index (χ2v) is 8.83. The SMILES string of the molecule is O=C(CCC(=O)OCCCc1ccccc1)NC(=S)Nc1cccc(C(=O)Nc2cccc(C(F)(F)F)c2)c1. The van der Waals surface area contributed by atoms with Crippen LogP contribution in [0.1, 0.15) is 40.7 Å². The van der Waals surface area contributed by atoms with Gasteiger partial charge in [0.25, 0.3) is 5.91 Å². The van der Waals surface area contributed by atoms with Gasteiger partial charge >= 0.3 is 12.1 Å². The fraction of sp³-hybridized carbons (Fsp3) is 0.214. The number of anilines is 2. The molecule has 0 atom stereocenters. The highest BCUT2D eigenvalue weighted by Gasteiger charge is 2.30. The summed E-state index contributed by atoms with van der Waals surface area (Å²) in [4.78, 5) is 36.6. The van der Waals surface area contributed by atoms with Crippen molar-refractivity contribution in [1.29, 1.82) is 0 Å². The summed E-state index contributed by atoms with van der Waals surface area (Å²) in [5.74, 6) is -1.61. The largest absolute Gasteiger partial charge is 0.466 e. The summed E-state index contributed by atoms with van der Waals surface area (Å²) >= 11 is 5.12. The Morgan fingerprint density at radius 3 is 2.23 bits per heavy atom. The molecule has 0 saturated heterocycles. The van der Waals surface area contributed by atoms with Crippen molar-refractivity contribution in [3.63, 3.8) is 0 Å². The fourth-order valence-corrected chi connectivity index (χ4v) is 3.69. The van der Waals surface area contributed by atoms with Crippen molar-refractivity contribution in [2.24, 2.45) is 0 Å². The average molecular weight is 558 g/mol. The summed E-state index contributed by atoms with van der Waals surface area (Å²) in [7, 11) is 0. The Kier molecular flexibility index (Phi) is 10.6. The van der Waals surface area contributed by atoms with E-state index in [1.54, 1.807) is 12.1 Å². The highest BCUT2D eigenvalue weighted by molar-refractivity contribution is 7.80. The number of alkyl halides is 3. The van der Waals surface area contributed by atoms with E-state index in [9.17, 15) is 27.6 Å². The van der Waals surface area contributed by atoms with Gasteiger partial charge in [0.2, 0.25) is 5.91 Å². The predicted molar refractivity (Wildman–Crippen MR) is 145 cm³/mol. The Hall–Kier alpha value is -4.25. The van der Waals surface area contributed by atoms with Crippen LogP contribution in [0.2, 0.25) is 0 Å². The topological polar surface area (TPSA) is 96.5 Å². The van der Waals surface area contributed by atoms with Crippen LogP contribution in [0.3, 0.4) is 0 Å². The molecule has 3 aromatic rings. The van der Waals surface area contributed by atoms with Crippen LogP contribution >= 0.6 is 12.2 Å². The Labute approximate surface area is 228 Å². The lowest BCUT2D eigenvalue weighted by atomic mass is 10.1. The number of nitrogens with one attached hydrogen (secondary N) is 3. The van der Waals surface area contributed by atoms with Gasteiger partial charge in [0.05, 0.1) is 18.6 Å². The van der Waals surface area contributed by atoms with Gasteiger partial charge in [-0.15, -0.1) is 0 Å². The van der Waals surface area contributed by atoms with Gasteiger partial charge in [0.1, 0.15) is 0 Å². The van der Waals surface area contributed by atoms with Crippen LogP contribution in [0.5, 0.6) is 0 Å². The van der Waals surface area contributed by atoms with Gasteiger partial charge < -0.3 is 20.7 Å². The van der Waals surface area contributed by atoms with Crippen molar-refractivity contribution in [2.75, 3.05) is 17.2 Å². The Bertz CT molecular complexity index is 1320. The Balaban J connectivity index is 1.41. The molecule has 0 aliphatic rings. The van der Waals surface area contributed by atoms with Crippen LogP contribution in [0.25, 0.3) is 0 Å². The molecule has 0 saturated carbocycles. The van der Waals surface area contributed by atoms with E-state index in [-0.39, 0.29) is 35.8 Å².